The second-order valence-electron chi connectivity index (χ2n) is 6.07. The molecule has 0 saturated heterocycles. The van der Waals surface area contributed by atoms with Gasteiger partial charge < -0.3 is 9.84 Å². The minimum absolute atomic E-state index is 0.244. The van der Waals surface area contributed by atoms with E-state index in [4.69, 9.17) is 4.52 Å². The van der Waals surface area contributed by atoms with Crippen LogP contribution in [0.15, 0.2) is 47.2 Å². The predicted octanol–water partition coefficient (Wildman–Crippen LogP) is 3.56. The Morgan fingerprint density at radius 2 is 2.04 bits per heavy atom. The van der Waals surface area contributed by atoms with Crippen molar-refractivity contribution in [2.45, 2.75) is 20.8 Å². The van der Waals surface area contributed by atoms with Crippen LogP contribution in [0.25, 0.3) is 17.0 Å². The molecule has 1 amide bonds. The number of benzene rings is 1. The Bertz CT molecular complexity index is 1110. The minimum atomic E-state index is -0.244. The number of anilines is 1. The van der Waals surface area contributed by atoms with E-state index in [1.807, 2.05) is 47.9 Å². The SMILES string of the molecule is Cc1noc(C)c1C(=O)Nc1cccc(-c2nc3ncccn3c2C)c1. The van der Waals surface area contributed by atoms with Gasteiger partial charge in [0.2, 0.25) is 5.78 Å². The molecule has 4 rings (SSSR count). The van der Waals surface area contributed by atoms with Gasteiger partial charge in [-0.25, -0.2) is 9.97 Å². The van der Waals surface area contributed by atoms with Gasteiger partial charge in [0, 0.05) is 29.3 Å². The highest BCUT2D eigenvalue weighted by Gasteiger charge is 2.18. The number of hydrogen-bond donors (Lipinski definition) is 1. The summed E-state index contributed by atoms with van der Waals surface area (Å²) >= 11 is 0. The highest BCUT2D eigenvalue weighted by molar-refractivity contribution is 6.05. The van der Waals surface area contributed by atoms with Crippen LogP contribution in [0.1, 0.15) is 27.5 Å². The van der Waals surface area contributed by atoms with E-state index in [9.17, 15) is 4.79 Å². The van der Waals surface area contributed by atoms with Crippen LogP contribution < -0.4 is 5.32 Å². The number of aryl methyl sites for hydroxylation is 3. The predicted molar refractivity (Wildman–Crippen MR) is 97.1 cm³/mol. The summed E-state index contributed by atoms with van der Waals surface area (Å²) in [6, 6.07) is 9.44. The van der Waals surface area contributed by atoms with Crippen molar-refractivity contribution in [2.75, 3.05) is 5.32 Å². The van der Waals surface area contributed by atoms with E-state index in [1.54, 1.807) is 20.0 Å². The molecule has 0 aliphatic carbocycles. The third kappa shape index (κ3) is 2.63. The second-order valence-corrected chi connectivity index (χ2v) is 6.07. The first-order valence-electron chi connectivity index (χ1n) is 8.19. The van der Waals surface area contributed by atoms with Crippen molar-refractivity contribution in [2.24, 2.45) is 0 Å². The number of rotatable bonds is 3. The van der Waals surface area contributed by atoms with E-state index in [1.165, 1.54) is 0 Å². The molecular formula is C19H17N5O2. The molecule has 0 saturated carbocycles. The quantitative estimate of drug-likeness (QED) is 0.612. The number of nitrogens with one attached hydrogen (secondary N) is 1. The number of aromatic nitrogens is 4. The van der Waals surface area contributed by atoms with E-state index in [2.05, 4.69) is 20.4 Å². The molecule has 7 heteroatoms. The topological polar surface area (TPSA) is 85.3 Å². The highest BCUT2D eigenvalue weighted by Crippen LogP contribution is 2.26. The molecule has 3 heterocycles. The molecule has 4 aromatic rings. The Labute approximate surface area is 149 Å². The normalized spacial score (nSPS) is 11.0. The van der Waals surface area contributed by atoms with Gasteiger partial charge in [0.05, 0.1) is 11.4 Å². The number of imidazole rings is 1. The van der Waals surface area contributed by atoms with E-state index in [0.29, 0.717) is 28.5 Å². The molecule has 0 spiro atoms. The number of carbonyl (C=O) groups excluding carboxylic acids is 1. The average molecular weight is 347 g/mol. The number of carbonyl (C=O) groups is 1. The molecule has 0 aliphatic heterocycles. The van der Waals surface area contributed by atoms with Crippen molar-refractivity contribution >= 4 is 17.4 Å². The van der Waals surface area contributed by atoms with E-state index < -0.39 is 0 Å². The summed E-state index contributed by atoms with van der Waals surface area (Å²) in [5.41, 5.74) is 4.43. The Hall–Kier alpha value is -3.48. The monoisotopic (exact) mass is 347 g/mol. The van der Waals surface area contributed by atoms with E-state index >= 15 is 0 Å². The van der Waals surface area contributed by atoms with Crippen LogP contribution in [0.4, 0.5) is 5.69 Å². The molecule has 1 N–H and O–H groups in total. The molecule has 0 radical (unpaired) electrons. The maximum absolute atomic E-state index is 12.5. The van der Waals surface area contributed by atoms with Crippen molar-refractivity contribution in [3.05, 3.63) is 65.4 Å². The second kappa shape index (κ2) is 6.11. The first-order valence-corrected chi connectivity index (χ1v) is 8.19. The third-order valence-corrected chi connectivity index (χ3v) is 4.30. The number of fused-ring (bicyclic) bond motifs is 1. The van der Waals surface area contributed by atoms with Crippen molar-refractivity contribution in [3.63, 3.8) is 0 Å². The fourth-order valence-corrected chi connectivity index (χ4v) is 3.02. The summed E-state index contributed by atoms with van der Waals surface area (Å²) in [6.07, 6.45) is 3.64. The van der Waals surface area contributed by atoms with Gasteiger partial charge in [-0.15, -0.1) is 0 Å². The number of nitrogens with zero attached hydrogens (tertiary/aromatic N) is 4. The zero-order valence-corrected chi connectivity index (χ0v) is 14.6. The van der Waals surface area contributed by atoms with Crippen molar-refractivity contribution in [1.82, 2.24) is 19.5 Å². The lowest BCUT2D eigenvalue weighted by Gasteiger charge is -2.07. The largest absolute Gasteiger partial charge is 0.361 e. The Morgan fingerprint density at radius 3 is 2.77 bits per heavy atom. The summed E-state index contributed by atoms with van der Waals surface area (Å²) in [5, 5.41) is 6.72. The fraction of sp³-hybridized carbons (Fsp3) is 0.158. The van der Waals surface area contributed by atoms with E-state index in [-0.39, 0.29) is 5.91 Å². The van der Waals surface area contributed by atoms with Crippen LogP contribution >= 0.6 is 0 Å². The summed E-state index contributed by atoms with van der Waals surface area (Å²) in [4.78, 5) is 21.4. The molecule has 0 bridgehead atoms. The van der Waals surface area contributed by atoms with Gasteiger partial charge in [0.1, 0.15) is 11.3 Å². The maximum Gasteiger partial charge on any atom is 0.261 e. The third-order valence-electron chi connectivity index (χ3n) is 4.30. The van der Waals surface area contributed by atoms with Crippen LogP contribution in [0.2, 0.25) is 0 Å². The molecule has 1 aromatic carbocycles. The zero-order chi connectivity index (χ0) is 18.3. The summed E-state index contributed by atoms with van der Waals surface area (Å²) in [5.74, 6) is 0.898. The van der Waals surface area contributed by atoms with Gasteiger partial charge in [0.25, 0.3) is 5.91 Å². The highest BCUT2D eigenvalue weighted by atomic mass is 16.5. The lowest BCUT2D eigenvalue weighted by atomic mass is 10.1. The number of amides is 1. The van der Waals surface area contributed by atoms with Crippen LogP contribution in [-0.4, -0.2) is 25.4 Å². The molecule has 0 aliphatic rings. The van der Waals surface area contributed by atoms with Crippen molar-refractivity contribution in [1.29, 1.82) is 0 Å². The first-order chi connectivity index (χ1) is 12.5. The maximum atomic E-state index is 12.5. The lowest BCUT2D eigenvalue weighted by molar-refractivity contribution is 0.102. The van der Waals surface area contributed by atoms with Crippen LogP contribution in [0.5, 0.6) is 0 Å². The van der Waals surface area contributed by atoms with Crippen LogP contribution in [0.3, 0.4) is 0 Å². The Morgan fingerprint density at radius 1 is 1.19 bits per heavy atom. The van der Waals surface area contributed by atoms with E-state index in [0.717, 1.165) is 17.0 Å². The average Bonchev–Trinajstić information content (AvgIpc) is 3.15. The lowest BCUT2D eigenvalue weighted by Crippen LogP contribution is -2.13. The molecule has 0 unspecified atom stereocenters. The van der Waals surface area contributed by atoms with Crippen LogP contribution in [-0.2, 0) is 0 Å². The number of hydrogen-bond acceptors (Lipinski definition) is 5. The Balaban J connectivity index is 1.68. The zero-order valence-electron chi connectivity index (χ0n) is 14.6. The standard InChI is InChI=1S/C19H17N5O2/c1-11-16(13(3)26-23-11)18(25)21-15-7-4-6-14(10-15)17-12(2)24-9-5-8-20-19(24)22-17/h4-10H,1-3H3,(H,21,25). The molecule has 0 fully saturated rings. The summed E-state index contributed by atoms with van der Waals surface area (Å²) in [7, 11) is 0. The molecule has 3 aromatic heterocycles. The first kappa shape index (κ1) is 16.0. The summed E-state index contributed by atoms with van der Waals surface area (Å²) in [6.45, 7) is 5.46. The fourth-order valence-electron chi connectivity index (χ4n) is 3.02. The van der Waals surface area contributed by atoms with Gasteiger partial charge in [-0.1, -0.05) is 17.3 Å². The van der Waals surface area contributed by atoms with Gasteiger partial charge in [-0.2, -0.15) is 0 Å². The minimum Gasteiger partial charge on any atom is -0.361 e. The Kier molecular flexibility index (Phi) is 3.76. The van der Waals surface area contributed by atoms with Crippen molar-refractivity contribution < 1.29 is 9.32 Å². The molecular weight excluding hydrogens is 330 g/mol. The van der Waals surface area contributed by atoms with Crippen molar-refractivity contribution in [3.8, 4) is 11.3 Å². The molecule has 0 atom stereocenters. The van der Waals surface area contributed by atoms with Crippen LogP contribution in [0, 0.1) is 20.8 Å². The smallest absolute Gasteiger partial charge is 0.261 e. The summed E-state index contributed by atoms with van der Waals surface area (Å²) < 4.78 is 7.00. The van der Waals surface area contributed by atoms with Gasteiger partial charge in [0.15, 0.2) is 0 Å². The van der Waals surface area contributed by atoms with Gasteiger partial charge >= 0.3 is 0 Å². The molecule has 7 nitrogen and oxygen atoms in total. The van der Waals surface area contributed by atoms with Gasteiger partial charge in [-0.05, 0) is 39.0 Å². The van der Waals surface area contributed by atoms with Gasteiger partial charge in [-0.3, -0.25) is 9.20 Å². The molecule has 26 heavy (non-hydrogen) atoms. The molecule has 130 valence electrons.